The molecule has 0 saturated heterocycles. The second-order valence-corrected chi connectivity index (χ2v) is 7.12. The van der Waals surface area contributed by atoms with Gasteiger partial charge in [0.2, 0.25) is 5.88 Å². The van der Waals surface area contributed by atoms with Gasteiger partial charge in [0.25, 0.3) is 0 Å². The van der Waals surface area contributed by atoms with E-state index in [1.165, 1.54) is 6.07 Å². The molecular formula is C19H18F2N2O3. The van der Waals surface area contributed by atoms with Crippen LogP contribution in [-0.2, 0) is 9.53 Å². The summed E-state index contributed by atoms with van der Waals surface area (Å²) < 4.78 is 35.8. The molecule has 0 radical (unpaired) electrons. The summed E-state index contributed by atoms with van der Waals surface area (Å²) in [5, 5.41) is 9.55. The van der Waals surface area contributed by atoms with Crippen LogP contribution in [0.4, 0.5) is 8.78 Å². The minimum Gasteiger partial charge on any atom is -0.444 e. The third-order valence-corrected chi connectivity index (χ3v) is 4.52. The van der Waals surface area contributed by atoms with Crippen LogP contribution in [0.5, 0.6) is 5.75 Å². The molecule has 1 atom stereocenters. The van der Waals surface area contributed by atoms with Gasteiger partial charge in [0, 0.05) is 24.0 Å². The van der Waals surface area contributed by atoms with Crippen LogP contribution in [-0.4, -0.2) is 12.4 Å². The maximum Gasteiger partial charge on any atom is 0.387 e. The van der Waals surface area contributed by atoms with Crippen LogP contribution in [0.3, 0.4) is 0 Å². The number of carbonyl (C=O) groups excluding carboxylic acids is 1. The van der Waals surface area contributed by atoms with E-state index in [9.17, 15) is 18.8 Å². The molecule has 0 bridgehead atoms. The largest absolute Gasteiger partial charge is 0.444 e. The monoisotopic (exact) mass is 360 g/mol. The summed E-state index contributed by atoms with van der Waals surface area (Å²) in [5.74, 6) is -0.900. The molecule has 1 heterocycles. The highest BCUT2D eigenvalue weighted by molar-refractivity contribution is 6.00. The Morgan fingerprint density at radius 1 is 1.35 bits per heavy atom. The highest BCUT2D eigenvalue weighted by Crippen LogP contribution is 2.49. The smallest absolute Gasteiger partial charge is 0.387 e. The highest BCUT2D eigenvalue weighted by Gasteiger charge is 2.43. The minimum absolute atomic E-state index is 0.0159. The molecule has 1 aromatic carbocycles. The van der Waals surface area contributed by atoms with Crippen molar-refractivity contribution in [3.05, 3.63) is 52.6 Å². The van der Waals surface area contributed by atoms with Crippen molar-refractivity contribution in [2.24, 2.45) is 11.1 Å². The van der Waals surface area contributed by atoms with Crippen LogP contribution in [0.25, 0.3) is 0 Å². The van der Waals surface area contributed by atoms with Gasteiger partial charge in [0.1, 0.15) is 23.2 Å². The number of hydrogen-bond acceptors (Lipinski definition) is 5. The Morgan fingerprint density at radius 3 is 2.69 bits per heavy atom. The Morgan fingerprint density at radius 2 is 2.04 bits per heavy atom. The molecule has 3 rings (SSSR count). The van der Waals surface area contributed by atoms with Gasteiger partial charge in [-0.1, -0.05) is 32.0 Å². The average molecular weight is 360 g/mol. The zero-order chi connectivity index (χ0) is 19.1. The number of para-hydroxylation sites is 1. The predicted molar refractivity (Wildman–Crippen MR) is 88.8 cm³/mol. The molecule has 0 aromatic heterocycles. The number of ketones is 1. The van der Waals surface area contributed by atoms with E-state index in [0.29, 0.717) is 17.8 Å². The fourth-order valence-corrected chi connectivity index (χ4v) is 3.52. The summed E-state index contributed by atoms with van der Waals surface area (Å²) in [4.78, 5) is 12.8. The predicted octanol–water partition coefficient (Wildman–Crippen LogP) is 3.74. The van der Waals surface area contributed by atoms with Crippen molar-refractivity contribution in [2.45, 2.75) is 39.2 Å². The molecule has 5 nitrogen and oxygen atoms in total. The van der Waals surface area contributed by atoms with E-state index < -0.39 is 12.5 Å². The van der Waals surface area contributed by atoms with Gasteiger partial charge in [-0.15, -0.1) is 0 Å². The van der Waals surface area contributed by atoms with E-state index in [0.717, 1.165) is 0 Å². The van der Waals surface area contributed by atoms with Gasteiger partial charge in [0.15, 0.2) is 5.78 Å². The topological polar surface area (TPSA) is 85.3 Å². The van der Waals surface area contributed by atoms with Crippen LogP contribution in [0, 0.1) is 16.7 Å². The summed E-state index contributed by atoms with van der Waals surface area (Å²) in [7, 11) is 0. The molecule has 1 aromatic rings. The quantitative estimate of drug-likeness (QED) is 0.887. The molecule has 0 saturated carbocycles. The van der Waals surface area contributed by atoms with Crippen molar-refractivity contribution in [3.8, 4) is 11.8 Å². The average Bonchev–Trinajstić information content (AvgIpc) is 2.52. The molecule has 2 aliphatic rings. The number of nitrogens with two attached hydrogens (primary N) is 1. The van der Waals surface area contributed by atoms with Gasteiger partial charge in [-0.25, -0.2) is 0 Å². The molecule has 7 heteroatoms. The first-order chi connectivity index (χ1) is 12.2. The van der Waals surface area contributed by atoms with Gasteiger partial charge in [-0.2, -0.15) is 14.0 Å². The number of nitrogens with zero attached hydrogens (tertiary/aromatic N) is 1. The fraction of sp³-hybridized carbons (Fsp3) is 0.368. The first-order valence-corrected chi connectivity index (χ1v) is 8.11. The van der Waals surface area contributed by atoms with Crippen molar-refractivity contribution < 1.29 is 23.0 Å². The third-order valence-electron chi connectivity index (χ3n) is 4.52. The molecule has 0 spiro atoms. The van der Waals surface area contributed by atoms with Crippen LogP contribution in [0.1, 0.15) is 38.2 Å². The molecule has 2 N–H and O–H groups in total. The van der Waals surface area contributed by atoms with Crippen molar-refractivity contribution in [3.63, 3.8) is 0 Å². The normalized spacial score (nSPS) is 22.0. The molecule has 1 aliphatic heterocycles. The molecule has 0 fully saturated rings. The second kappa shape index (κ2) is 6.45. The Hall–Kier alpha value is -2.88. The summed E-state index contributed by atoms with van der Waals surface area (Å²) in [6.45, 7) is 0.832. The summed E-state index contributed by atoms with van der Waals surface area (Å²) in [5.41, 5.74) is 6.19. The maximum absolute atomic E-state index is 12.8. The van der Waals surface area contributed by atoms with Crippen molar-refractivity contribution in [1.29, 1.82) is 5.26 Å². The van der Waals surface area contributed by atoms with E-state index >= 15 is 0 Å². The standard InChI is InChI=1S/C19H18F2N2O3/c1-19(2)7-12(24)16-14(8-19)25-17(23)11(9-22)15(16)10-5-3-4-6-13(10)26-18(20)21/h3-6,15,18H,7-8,23H2,1-2H3. The van der Waals surface area contributed by atoms with Crippen molar-refractivity contribution >= 4 is 5.78 Å². The van der Waals surface area contributed by atoms with Crippen LogP contribution >= 0.6 is 0 Å². The van der Waals surface area contributed by atoms with Gasteiger partial charge in [-0.05, 0) is 11.5 Å². The van der Waals surface area contributed by atoms with Crippen LogP contribution in [0.2, 0.25) is 0 Å². The zero-order valence-electron chi connectivity index (χ0n) is 14.4. The van der Waals surface area contributed by atoms with E-state index in [1.807, 2.05) is 19.9 Å². The highest BCUT2D eigenvalue weighted by atomic mass is 19.3. The van der Waals surface area contributed by atoms with E-state index in [4.69, 9.17) is 10.5 Å². The number of alkyl halides is 2. The summed E-state index contributed by atoms with van der Waals surface area (Å²) >= 11 is 0. The lowest BCUT2D eigenvalue weighted by Gasteiger charge is -2.37. The third kappa shape index (κ3) is 3.15. The number of rotatable bonds is 3. The SMILES string of the molecule is CC1(C)CC(=O)C2=C(C1)OC(N)=C(C#N)C2c1ccccc1OC(F)F. The lowest BCUT2D eigenvalue weighted by Crippen LogP contribution is -2.33. The maximum atomic E-state index is 12.8. The number of hydrogen-bond donors (Lipinski definition) is 1. The van der Waals surface area contributed by atoms with Gasteiger partial charge in [0.05, 0.1) is 5.92 Å². The summed E-state index contributed by atoms with van der Waals surface area (Å²) in [6.07, 6.45) is 0.726. The zero-order valence-corrected chi connectivity index (χ0v) is 14.4. The van der Waals surface area contributed by atoms with E-state index in [-0.39, 0.29) is 40.4 Å². The van der Waals surface area contributed by atoms with Gasteiger partial charge in [-0.3, -0.25) is 4.79 Å². The van der Waals surface area contributed by atoms with Crippen LogP contribution in [0.15, 0.2) is 47.1 Å². The Balaban J connectivity index is 2.20. The van der Waals surface area contributed by atoms with E-state index in [1.54, 1.807) is 18.2 Å². The number of benzene rings is 1. The number of carbonyl (C=O) groups is 1. The molecule has 26 heavy (non-hydrogen) atoms. The van der Waals surface area contributed by atoms with E-state index in [2.05, 4.69) is 4.74 Å². The number of nitriles is 1. The van der Waals surface area contributed by atoms with Gasteiger partial charge < -0.3 is 15.2 Å². The van der Waals surface area contributed by atoms with Crippen molar-refractivity contribution in [2.75, 3.05) is 0 Å². The Kier molecular flexibility index (Phi) is 4.45. The molecule has 1 aliphatic carbocycles. The summed E-state index contributed by atoms with van der Waals surface area (Å²) in [6, 6.07) is 8.06. The second-order valence-electron chi connectivity index (χ2n) is 7.12. The van der Waals surface area contributed by atoms with Crippen LogP contribution < -0.4 is 10.5 Å². The number of allylic oxidation sites excluding steroid dienone is 3. The molecular weight excluding hydrogens is 342 g/mol. The molecule has 1 unspecified atom stereocenters. The van der Waals surface area contributed by atoms with Crippen molar-refractivity contribution in [1.82, 2.24) is 0 Å². The Bertz CT molecular complexity index is 866. The first-order valence-electron chi connectivity index (χ1n) is 8.11. The first kappa shape index (κ1) is 17.9. The fourth-order valence-electron chi connectivity index (χ4n) is 3.52. The lowest BCUT2D eigenvalue weighted by molar-refractivity contribution is -0.119. The number of halogens is 2. The number of ether oxygens (including phenoxy) is 2. The molecule has 136 valence electrons. The number of Topliss-reactive ketones (excluding diaryl/α,β-unsaturated/α-hetero) is 1. The molecule has 0 amide bonds. The lowest BCUT2D eigenvalue weighted by atomic mass is 9.70. The Labute approximate surface area is 149 Å². The van der Waals surface area contributed by atoms with Gasteiger partial charge >= 0.3 is 6.61 Å². The minimum atomic E-state index is -3.03.